The summed E-state index contributed by atoms with van der Waals surface area (Å²) in [6.45, 7) is 5.37. The molecule has 0 saturated carbocycles. The van der Waals surface area contributed by atoms with Gasteiger partial charge in [0.05, 0.1) is 12.6 Å². The topological polar surface area (TPSA) is 48.5 Å². The van der Waals surface area contributed by atoms with E-state index >= 15 is 0 Å². The molecule has 3 rings (SSSR count). The lowest BCUT2D eigenvalue weighted by Crippen LogP contribution is -2.47. The van der Waals surface area contributed by atoms with Gasteiger partial charge in [-0.2, -0.15) is 0 Å². The van der Waals surface area contributed by atoms with Crippen molar-refractivity contribution in [3.05, 3.63) is 66.0 Å². The predicted octanol–water partition coefficient (Wildman–Crippen LogP) is 2.86. The minimum atomic E-state index is 0.0106. The van der Waals surface area contributed by atoms with Crippen molar-refractivity contribution in [2.75, 3.05) is 26.7 Å². The van der Waals surface area contributed by atoms with Gasteiger partial charge in [0.15, 0.2) is 0 Å². The van der Waals surface area contributed by atoms with E-state index in [2.05, 4.69) is 45.3 Å². The van der Waals surface area contributed by atoms with Crippen LogP contribution >= 0.6 is 0 Å². The molecule has 1 saturated heterocycles. The van der Waals surface area contributed by atoms with Crippen LogP contribution in [-0.2, 0) is 11.3 Å². The highest BCUT2D eigenvalue weighted by atomic mass is 16.2. The molecule has 5 nitrogen and oxygen atoms in total. The number of nitrogens with one attached hydrogen (secondary N) is 1. The monoisotopic (exact) mass is 366 g/mol. The van der Waals surface area contributed by atoms with Crippen molar-refractivity contribution in [1.82, 2.24) is 20.1 Å². The van der Waals surface area contributed by atoms with Crippen molar-refractivity contribution in [3.8, 4) is 0 Å². The molecule has 1 fully saturated rings. The Balaban J connectivity index is 1.64. The Kier molecular flexibility index (Phi) is 6.96. The van der Waals surface area contributed by atoms with Gasteiger partial charge in [-0.05, 0) is 57.1 Å². The predicted molar refractivity (Wildman–Crippen MR) is 108 cm³/mol. The summed E-state index contributed by atoms with van der Waals surface area (Å²) in [4.78, 5) is 21.7. The zero-order valence-corrected chi connectivity index (χ0v) is 16.3. The van der Waals surface area contributed by atoms with Crippen LogP contribution in [0, 0.1) is 0 Å². The first-order chi connectivity index (χ1) is 13.1. The van der Waals surface area contributed by atoms with E-state index in [1.54, 1.807) is 6.20 Å². The number of carbonyl (C=O) groups excluding carboxylic acids is 1. The summed E-state index contributed by atoms with van der Waals surface area (Å²) in [5.74, 6) is 0.0779. The molecule has 1 aliphatic rings. The first-order valence-electron chi connectivity index (χ1n) is 9.77. The van der Waals surface area contributed by atoms with Crippen LogP contribution in [0.5, 0.6) is 0 Å². The molecule has 2 heterocycles. The number of aromatic nitrogens is 1. The Morgan fingerprint density at radius 3 is 2.63 bits per heavy atom. The molecule has 1 aromatic carbocycles. The summed E-state index contributed by atoms with van der Waals surface area (Å²) in [7, 11) is 2.16. The van der Waals surface area contributed by atoms with E-state index in [1.807, 2.05) is 37.4 Å². The second kappa shape index (κ2) is 9.62. The van der Waals surface area contributed by atoms with E-state index in [9.17, 15) is 4.79 Å². The normalized spacial score (nSPS) is 17.0. The SMILES string of the molecule is C[C@@H](NC(=O)CN(Cc1cccnc1)C1CCN(C)CC1)c1ccccc1. The lowest BCUT2D eigenvalue weighted by molar-refractivity contribution is -0.123. The molecule has 1 atom stereocenters. The van der Waals surface area contributed by atoms with Crippen LogP contribution in [0.4, 0.5) is 0 Å². The van der Waals surface area contributed by atoms with E-state index in [1.165, 1.54) is 0 Å². The fourth-order valence-electron chi connectivity index (χ4n) is 3.70. The summed E-state index contributed by atoms with van der Waals surface area (Å²) in [6, 6.07) is 14.6. The summed E-state index contributed by atoms with van der Waals surface area (Å²) >= 11 is 0. The van der Waals surface area contributed by atoms with Crippen LogP contribution in [0.1, 0.15) is 36.9 Å². The number of likely N-dealkylation sites (tertiary alicyclic amines) is 1. The van der Waals surface area contributed by atoms with Gasteiger partial charge in [0.2, 0.25) is 5.91 Å². The Labute approximate surface area is 162 Å². The zero-order valence-electron chi connectivity index (χ0n) is 16.3. The molecule has 144 valence electrons. The highest BCUT2D eigenvalue weighted by Crippen LogP contribution is 2.18. The molecule has 1 amide bonds. The lowest BCUT2D eigenvalue weighted by atomic mass is 10.0. The minimum absolute atomic E-state index is 0.0106. The zero-order chi connectivity index (χ0) is 19.1. The van der Waals surface area contributed by atoms with Crippen LogP contribution in [0.25, 0.3) is 0 Å². The summed E-state index contributed by atoms with van der Waals surface area (Å²) in [5.41, 5.74) is 2.28. The van der Waals surface area contributed by atoms with Gasteiger partial charge in [0, 0.05) is 25.0 Å². The van der Waals surface area contributed by atoms with Gasteiger partial charge in [0.25, 0.3) is 0 Å². The van der Waals surface area contributed by atoms with Gasteiger partial charge < -0.3 is 10.2 Å². The van der Waals surface area contributed by atoms with Crippen LogP contribution in [-0.4, -0.2) is 53.4 Å². The molecule has 1 aromatic heterocycles. The molecule has 1 N–H and O–H groups in total. The summed E-state index contributed by atoms with van der Waals surface area (Å²) in [6.07, 6.45) is 5.88. The number of benzene rings is 1. The molecule has 0 unspecified atom stereocenters. The van der Waals surface area contributed by atoms with E-state index < -0.39 is 0 Å². The Bertz CT molecular complexity index is 699. The average Bonchev–Trinajstić information content (AvgIpc) is 2.69. The first-order valence-corrected chi connectivity index (χ1v) is 9.77. The van der Waals surface area contributed by atoms with Crippen molar-refractivity contribution >= 4 is 5.91 Å². The number of rotatable bonds is 7. The van der Waals surface area contributed by atoms with Crippen LogP contribution in [0.2, 0.25) is 0 Å². The summed E-state index contributed by atoms with van der Waals surface area (Å²) < 4.78 is 0. The number of pyridine rings is 1. The minimum Gasteiger partial charge on any atom is -0.348 e. The van der Waals surface area contributed by atoms with Crippen molar-refractivity contribution in [3.63, 3.8) is 0 Å². The van der Waals surface area contributed by atoms with E-state index in [-0.39, 0.29) is 11.9 Å². The van der Waals surface area contributed by atoms with Gasteiger partial charge in [0.1, 0.15) is 0 Å². The molecule has 0 bridgehead atoms. The smallest absolute Gasteiger partial charge is 0.234 e. The second-order valence-electron chi connectivity index (χ2n) is 7.50. The molecular weight excluding hydrogens is 336 g/mol. The standard InChI is InChI=1S/C22H30N4O/c1-18(20-8-4-3-5-9-20)24-22(27)17-26(16-19-7-6-12-23-15-19)21-10-13-25(2)14-11-21/h3-9,12,15,18,21H,10-11,13-14,16-17H2,1-2H3,(H,24,27)/t18-/m1/s1. The molecule has 0 aliphatic carbocycles. The number of piperidine rings is 1. The maximum absolute atomic E-state index is 12.8. The van der Waals surface area contributed by atoms with Crippen LogP contribution in [0.3, 0.4) is 0 Å². The maximum Gasteiger partial charge on any atom is 0.234 e. The number of nitrogens with zero attached hydrogens (tertiary/aromatic N) is 3. The molecular formula is C22H30N4O. The average molecular weight is 367 g/mol. The number of hydrogen-bond donors (Lipinski definition) is 1. The van der Waals surface area contributed by atoms with Gasteiger partial charge in [-0.1, -0.05) is 36.4 Å². The Hall–Kier alpha value is -2.24. The highest BCUT2D eigenvalue weighted by molar-refractivity contribution is 5.78. The fraction of sp³-hybridized carbons (Fsp3) is 0.455. The van der Waals surface area contributed by atoms with Gasteiger partial charge in [-0.3, -0.25) is 14.7 Å². The maximum atomic E-state index is 12.8. The third-order valence-corrected chi connectivity index (χ3v) is 5.34. The van der Waals surface area contributed by atoms with Gasteiger partial charge >= 0.3 is 0 Å². The number of amides is 1. The molecule has 0 spiro atoms. The quantitative estimate of drug-likeness (QED) is 0.819. The molecule has 27 heavy (non-hydrogen) atoms. The van der Waals surface area contributed by atoms with E-state index in [4.69, 9.17) is 0 Å². The molecule has 2 aromatic rings. The van der Waals surface area contributed by atoms with E-state index in [0.717, 1.165) is 43.6 Å². The van der Waals surface area contributed by atoms with Gasteiger partial charge in [-0.25, -0.2) is 0 Å². The third kappa shape index (κ3) is 5.88. The molecule has 0 radical (unpaired) electrons. The second-order valence-corrected chi connectivity index (χ2v) is 7.50. The van der Waals surface area contributed by atoms with Gasteiger partial charge in [-0.15, -0.1) is 0 Å². The lowest BCUT2D eigenvalue weighted by Gasteiger charge is -2.37. The van der Waals surface area contributed by atoms with Crippen LogP contribution in [0.15, 0.2) is 54.9 Å². The third-order valence-electron chi connectivity index (χ3n) is 5.34. The van der Waals surface area contributed by atoms with Crippen molar-refractivity contribution in [2.24, 2.45) is 0 Å². The molecule has 5 heteroatoms. The van der Waals surface area contributed by atoms with Crippen LogP contribution < -0.4 is 5.32 Å². The highest BCUT2D eigenvalue weighted by Gasteiger charge is 2.25. The fourth-order valence-corrected chi connectivity index (χ4v) is 3.70. The molecule has 1 aliphatic heterocycles. The van der Waals surface area contributed by atoms with Crippen molar-refractivity contribution < 1.29 is 4.79 Å². The number of hydrogen-bond acceptors (Lipinski definition) is 4. The summed E-state index contributed by atoms with van der Waals surface area (Å²) in [5, 5.41) is 3.15. The van der Waals surface area contributed by atoms with Crippen molar-refractivity contribution in [2.45, 2.75) is 38.4 Å². The first kappa shape index (κ1) is 19.5. The Morgan fingerprint density at radius 1 is 1.22 bits per heavy atom. The Morgan fingerprint density at radius 2 is 1.96 bits per heavy atom. The van der Waals surface area contributed by atoms with Crippen molar-refractivity contribution in [1.29, 1.82) is 0 Å². The largest absolute Gasteiger partial charge is 0.348 e. The number of carbonyl (C=O) groups is 1. The van der Waals surface area contributed by atoms with E-state index in [0.29, 0.717) is 12.6 Å².